The Morgan fingerprint density at radius 3 is 1.32 bits per heavy atom. The number of hydrogen-bond acceptors (Lipinski definition) is 4. The second-order valence-corrected chi connectivity index (χ2v) is 18.8. The fourth-order valence-corrected chi connectivity index (χ4v) is 10.9. The summed E-state index contributed by atoms with van der Waals surface area (Å²) in [4.78, 5) is 4.70. The molecule has 1 aliphatic heterocycles. The number of benzene rings is 12. The van der Waals surface area contributed by atoms with Gasteiger partial charge in [-0.25, -0.2) is 0 Å². The van der Waals surface area contributed by atoms with Crippen molar-refractivity contribution in [2.24, 2.45) is 0 Å². The first-order valence-corrected chi connectivity index (χ1v) is 25.1. The molecule has 0 N–H and O–H groups in total. The van der Waals surface area contributed by atoms with Gasteiger partial charge < -0.3 is 19.0 Å². The van der Waals surface area contributed by atoms with E-state index in [0.717, 1.165) is 106 Å². The van der Waals surface area contributed by atoms with Crippen LogP contribution >= 0.6 is 0 Å². The van der Waals surface area contributed by atoms with E-state index in [1.807, 2.05) is 12.1 Å². The molecule has 0 saturated heterocycles. The average molecular weight is 947 g/mol. The predicted molar refractivity (Wildman–Crippen MR) is 308 cm³/mol. The minimum absolute atomic E-state index is 0.800. The third-order valence-corrected chi connectivity index (χ3v) is 14.5. The molecule has 14 rings (SSSR count). The topological polar surface area (TPSA) is 28.9 Å². The second kappa shape index (κ2) is 18.1. The number of fused-ring (bicyclic) bond motifs is 5. The summed E-state index contributed by atoms with van der Waals surface area (Å²) in [7, 11) is 0. The van der Waals surface area contributed by atoms with Crippen molar-refractivity contribution in [1.82, 2.24) is 0 Å². The van der Waals surface area contributed by atoms with E-state index in [4.69, 9.17) is 9.15 Å². The van der Waals surface area contributed by atoms with Crippen LogP contribution in [0.5, 0.6) is 11.5 Å². The number of anilines is 6. The lowest BCUT2D eigenvalue weighted by molar-refractivity contribution is 0.487. The summed E-state index contributed by atoms with van der Waals surface area (Å²) in [6.07, 6.45) is 0. The zero-order chi connectivity index (χ0) is 49.0. The zero-order valence-electron chi connectivity index (χ0n) is 40.3. The Hall–Kier alpha value is -9.90. The first-order valence-electron chi connectivity index (χ1n) is 25.1. The van der Waals surface area contributed by atoms with E-state index in [1.165, 1.54) is 27.8 Å². The third-order valence-electron chi connectivity index (χ3n) is 14.5. The van der Waals surface area contributed by atoms with Crippen LogP contribution in [-0.2, 0) is 0 Å². The van der Waals surface area contributed by atoms with Crippen LogP contribution in [0.4, 0.5) is 34.1 Å². The Morgan fingerprint density at radius 2 is 0.743 bits per heavy atom. The summed E-state index contributed by atoms with van der Waals surface area (Å²) in [5.74, 6) is 1.61. The van der Waals surface area contributed by atoms with Gasteiger partial charge in [-0.3, -0.25) is 0 Å². The molecular formula is C70H46N2O2. The van der Waals surface area contributed by atoms with E-state index in [-0.39, 0.29) is 0 Å². The summed E-state index contributed by atoms with van der Waals surface area (Å²) in [5, 5.41) is 4.39. The molecule has 0 radical (unpaired) electrons. The lowest BCUT2D eigenvalue weighted by Gasteiger charge is -2.32. The highest BCUT2D eigenvalue weighted by Gasteiger charge is 2.28. The van der Waals surface area contributed by atoms with E-state index in [0.29, 0.717) is 0 Å². The quantitative estimate of drug-likeness (QED) is 0.137. The van der Waals surface area contributed by atoms with Gasteiger partial charge in [0.2, 0.25) is 0 Å². The summed E-state index contributed by atoms with van der Waals surface area (Å²) >= 11 is 0. The molecule has 74 heavy (non-hydrogen) atoms. The standard InChI is InChI=1S/C70H46N2O2/c1-4-15-47(16-5-1)50-29-37-55(38-30-50)71(56-43-35-53(36-44-56)60-23-13-24-62-61-22-10-11-27-65(61)74-70(60)62)59-45-54-21-12-25-63-68(54)67(46-59)73-66-28-14-26-64(69(63)66)72(57-39-31-51(32-40-57)48-17-6-2-7-18-48)58-41-33-52(34-42-58)49-19-8-3-9-20-49/h1-46H. The van der Waals surface area contributed by atoms with Crippen molar-refractivity contribution >= 4 is 66.8 Å². The fourth-order valence-electron chi connectivity index (χ4n) is 10.9. The van der Waals surface area contributed by atoms with Gasteiger partial charge in [0, 0.05) is 56.1 Å². The van der Waals surface area contributed by atoms with Crippen LogP contribution < -0.4 is 14.5 Å². The first kappa shape index (κ1) is 42.9. The van der Waals surface area contributed by atoms with Crippen molar-refractivity contribution in [2.75, 3.05) is 9.80 Å². The summed E-state index contributed by atoms with van der Waals surface area (Å²) < 4.78 is 13.7. The number of rotatable bonds is 10. The largest absolute Gasteiger partial charge is 0.456 e. The SMILES string of the molecule is c1ccc(-c2ccc(N(c3ccc(-c4cccc5c4oc4ccccc45)cc3)c3cc4c5c(cccc5c3)-c3c(cccc3N(c3ccc(-c5ccccc5)cc3)c3ccc(-c5ccccc5)cc3)O4)cc2)cc1. The Balaban J connectivity index is 0.891. The van der Waals surface area contributed by atoms with Crippen LogP contribution in [0.25, 0.3) is 88.3 Å². The van der Waals surface area contributed by atoms with Crippen LogP contribution in [0.3, 0.4) is 0 Å². The minimum atomic E-state index is 0.800. The average Bonchev–Trinajstić information content (AvgIpc) is 3.86. The summed E-state index contributed by atoms with van der Waals surface area (Å²) in [6, 6.07) is 99.3. The van der Waals surface area contributed by atoms with Crippen molar-refractivity contribution < 1.29 is 9.15 Å². The molecule has 4 heteroatoms. The van der Waals surface area contributed by atoms with E-state index >= 15 is 0 Å². The maximum Gasteiger partial charge on any atom is 0.143 e. The first-order chi connectivity index (χ1) is 36.7. The molecule has 0 spiro atoms. The van der Waals surface area contributed by atoms with Crippen LogP contribution in [0.2, 0.25) is 0 Å². The molecule has 0 saturated carbocycles. The molecule has 0 aliphatic carbocycles. The maximum absolute atomic E-state index is 7.18. The second-order valence-electron chi connectivity index (χ2n) is 18.8. The van der Waals surface area contributed by atoms with E-state index in [9.17, 15) is 0 Å². The van der Waals surface area contributed by atoms with Crippen LogP contribution in [0, 0.1) is 0 Å². The molecule has 0 bridgehead atoms. The van der Waals surface area contributed by atoms with Gasteiger partial charge in [0.05, 0.1) is 11.4 Å². The molecule has 12 aromatic carbocycles. The van der Waals surface area contributed by atoms with Gasteiger partial charge in [-0.1, -0.05) is 200 Å². The summed E-state index contributed by atoms with van der Waals surface area (Å²) in [5.41, 5.74) is 19.3. The molecule has 0 atom stereocenters. The van der Waals surface area contributed by atoms with Crippen LogP contribution in [0.1, 0.15) is 0 Å². The Morgan fingerprint density at radius 1 is 0.284 bits per heavy atom. The van der Waals surface area contributed by atoms with Crippen LogP contribution in [-0.4, -0.2) is 0 Å². The molecule has 1 aromatic heterocycles. The van der Waals surface area contributed by atoms with Gasteiger partial charge in [-0.2, -0.15) is 0 Å². The number of para-hydroxylation sites is 2. The Kier molecular flexibility index (Phi) is 10.5. The fraction of sp³-hybridized carbons (Fsp3) is 0. The van der Waals surface area contributed by atoms with Crippen molar-refractivity contribution in [1.29, 1.82) is 0 Å². The van der Waals surface area contributed by atoms with Gasteiger partial charge in [0.15, 0.2) is 0 Å². The Bertz CT molecular complexity index is 4090. The molecular weight excluding hydrogens is 901 g/mol. The van der Waals surface area contributed by atoms with Crippen molar-refractivity contribution in [3.8, 4) is 67.1 Å². The van der Waals surface area contributed by atoms with Gasteiger partial charge in [-0.15, -0.1) is 0 Å². The molecule has 348 valence electrons. The molecule has 2 heterocycles. The molecule has 0 amide bonds. The maximum atomic E-state index is 7.18. The molecule has 0 fully saturated rings. The normalized spacial score (nSPS) is 11.6. The molecule has 13 aromatic rings. The number of furan rings is 1. The third kappa shape index (κ3) is 7.56. The van der Waals surface area contributed by atoms with Crippen LogP contribution in [0.15, 0.2) is 283 Å². The zero-order valence-corrected chi connectivity index (χ0v) is 40.3. The lowest BCUT2D eigenvalue weighted by atomic mass is 9.92. The van der Waals surface area contributed by atoms with E-state index in [1.54, 1.807) is 0 Å². The van der Waals surface area contributed by atoms with Gasteiger partial charge >= 0.3 is 0 Å². The molecule has 4 nitrogen and oxygen atoms in total. The van der Waals surface area contributed by atoms with Gasteiger partial charge in [-0.05, 0) is 123 Å². The Labute approximate surface area is 429 Å². The predicted octanol–water partition coefficient (Wildman–Crippen LogP) is 20.1. The number of nitrogens with zero attached hydrogens (tertiary/aromatic N) is 2. The van der Waals surface area contributed by atoms with E-state index < -0.39 is 0 Å². The molecule has 1 aliphatic rings. The van der Waals surface area contributed by atoms with Crippen molar-refractivity contribution in [2.45, 2.75) is 0 Å². The monoisotopic (exact) mass is 946 g/mol. The lowest BCUT2D eigenvalue weighted by Crippen LogP contribution is -2.13. The van der Waals surface area contributed by atoms with Gasteiger partial charge in [0.25, 0.3) is 0 Å². The van der Waals surface area contributed by atoms with Crippen molar-refractivity contribution in [3.63, 3.8) is 0 Å². The smallest absolute Gasteiger partial charge is 0.143 e. The van der Waals surface area contributed by atoms with Gasteiger partial charge in [0.1, 0.15) is 22.7 Å². The highest BCUT2D eigenvalue weighted by Crippen LogP contribution is 2.54. The molecule has 0 unspecified atom stereocenters. The highest BCUT2D eigenvalue weighted by atomic mass is 16.5. The highest BCUT2D eigenvalue weighted by molar-refractivity contribution is 6.11. The summed E-state index contributed by atoms with van der Waals surface area (Å²) in [6.45, 7) is 0. The number of hydrogen-bond donors (Lipinski definition) is 0. The van der Waals surface area contributed by atoms with Crippen molar-refractivity contribution in [3.05, 3.63) is 279 Å². The number of ether oxygens (including phenoxy) is 1. The van der Waals surface area contributed by atoms with E-state index in [2.05, 4.69) is 277 Å². The minimum Gasteiger partial charge on any atom is -0.456 e.